The fourth-order valence-electron chi connectivity index (χ4n) is 4.70. The number of piperidine rings is 2. The molecule has 1 spiro atoms. The molecule has 3 heteroatoms. The van der Waals surface area contributed by atoms with Gasteiger partial charge in [0.1, 0.15) is 0 Å². The molecule has 0 unspecified atom stereocenters. The van der Waals surface area contributed by atoms with Gasteiger partial charge in [0.05, 0.1) is 0 Å². The van der Waals surface area contributed by atoms with E-state index in [0.29, 0.717) is 5.41 Å². The molecule has 22 heavy (non-hydrogen) atoms. The van der Waals surface area contributed by atoms with Gasteiger partial charge in [0.25, 0.3) is 0 Å². The molecule has 3 fully saturated rings. The summed E-state index contributed by atoms with van der Waals surface area (Å²) in [6, 6.07) is 0.748. The number of likely N-dealkylation sites (tertiary alicyclic amines) is 3. The first kappa shape index (κ1) is 16.7. The van der Waals surface area contributed by atoms with E-state index in [9.17, 15) is 0 Å². The summed E-state index contributed by atoms with van der Waals surface area (Å²) in [4.78, 5) is 8.02. The molecule has 3 rings (SSSR count). The first-order valence-electron chi connectivity index (χ1n) is 9.79. The summed E-state index contributed by atoms with van der Waals surface area (Å²) in [7, 11) is 0. The van der Waals surface area contributed by atoms with E-state index < -0.39 is 0 Å². The fraction of sp³-hybridized carbons (Fsp3) is 1.00. The second-order valence-electron chi connectivity index (χ2n) is 8.51. The van der Waals surface area contributed by atoms with Gasteiger partial charge in [0.2, 0.25) is 0 Å². The van der Waals surface area contributed by atoms with Crippen LogP contribution in [0.4, 0.5) is 0 Å². The maximum atomic E-state index is 2.76. The van der Waals surface area contributed by atoms with E-state index in [2.05, 4.69) is 35.5 Å². The van der Waals surface area contributed by atoms with Crippen molar-refractivity contribution in [2.24, 2.45) is 11.3 Å². The van der Waals surface area contributed by atoms with E-state index in [1.807, 2.05) is 0 Å². The lowest BCUT2D eigenvalue weighted by Crippen LogP contribution is -2.62. The second kappa shape index (κ2) is 7.19. The van der Waals surface area contributed by atoms with Gasteiger partial charge in [-0.15, -0.1) is 0 Å². The predicted octanol–water partition coefficient (Wildman–Crippen LogP) is 2.91. The van der Waals surface area contributed by atoms with Gasteiger partial charge in [-0.2, -0.15) is 0 Å². The molecule has 0 N–H and O–H groups in total. The molecule has 3 heterocycles. The molecule has 3 nitrogen and oxygen atoms in total. The monoisotopic (exact) mass is 307 g/mol. The lowest BCUT2D eigenvalue weighted by Gasteiger charge is -2.55. The maximum absolute atomic E-state index is 2.76. The Kier molecular flexibility index (Phi) is 5.47. The minimum Gasteiger partial charge on any atom is -0.304 e. The molecule has 128 valence electrons. The molecule has 0 aromatic carbocycles. The molecular formula is C19H37N3. The summed E-state index contributed by atoms with van der Waals surface area (Å²) in [5.74, 6) is 0.999. The van der Waals surface area contributed by atoms with Gasteiger partial charge in [-0.05, 0) is 96.6 Å². The standard InChI is InChI=1S/C19H37N3/c1-4-20-10-5-18(6-11-20)7-12-21-13-8-19(9-14-21)15-22(16-19)17(2)3/h17-18H,4-16H2,1-3H3. The molecule has 0 aliphatic carbocycles. The molecule has 0 amide bonds. The van der Waals surface area contributed by atoms with E-state index in [1.54, 1.807) is 0 Å². The van der Waals surface area contributed by atoms with E-state index in [0.717, 1.165) is 12.0 Å². The van der Waals surface area contributed by atoms with Crippen LogP contribution in [0.3, 0.4) is 0 Å². The third kappa shape index (κ3) is 3.85. The van der Waals surface area contributed by atoms with Gasteiger partial charge in [-0.25, -0.2) is 0 Å². The highest BCUT2D eigenvalue weighted by atomic mass is 15.2. The predicted molar refractivity (Wildman–Crippen MR) is 94.3 cm³/mol. The third-order valence-corrected chi connectivity index (χ3v) is 6.73. The van der Waals surface area contributed by atoms with Crippen molar-refractivity contribution >= 4 is 0 Å². The quantitative estimate of drug-likeness (QED) is 0.773. The van der Waals surface area contributed by atoms with Gasteiger partial charge in [0.15, 0.2) is 0 Å². The highest BCUT2D eigenvalue weighted by Crippen LogP contribution is 2.41. The Hall–Kier alpha value is -0.120. The Bertz CT molecular complexity index is 331. The molecule has 0 aromatic heterocycles. The van der Waals surface area contributed by atoms with Crippen LogP contribution in [0.5, 0.6) is 0 Å². The Morgan fingerprint density at radius 2 is 1.59 bits per heavy atom. The minimum atomic E-state index is 0.702. The van der Waals surface area contributed by atoms with Gasteiger partial charge < -0.3 is 9.80 Å². The van der Waals surface area contributed by atoms with Crippen molar-refractivity contribution in [3.63, 3.8) is 0 Å². The SMILES string of the molecule is CCN1CCC(CCN2CCC3(CC2)CN(C(C)C)C3)CC1. The summed E-state index contributed by atoms with van der Waals surface area (Å²) in [5.41, 5.74) is 0.702. The van der Waals surface area contributed by atoms with Gasteiger partial charge >= 0.3 is 0 Å². The van der Waals surface area contributed by atoms with Crippen LogP contribution in [0.1, 0.15) is 52.9 Å². The van der Waals surface area contributed by atoms with Crippen LogP contribution in [0.25, 0.3) is 0 Å². The zero-order chi connectivity index (χ0) is 15.6. The normalized spacial score (nSPS) is 28.4. The van der Waals surface area contributed by atoms with Crippen LogP contribution >= 0.6 is 0 Å². The fourth-order valence-corrected chi connectivity index (χ4v) is 4.70. The average molecular weight is 308 g/mol. The minimum absolute atomic E-state index is 0.702. The zero-order valence-corrected chi connectivity index (χ0v) is 15.2. The number of hydrogen-bond acceptors (Lipinski definition) is 3. The molecule has 0 radical (unpaired) electrons. The molecule has 3 aliphatic heterocycles. The molecular weight excluding hydrogens is 270 g/mol. The average Bonchev–Trinajstić information content (AvgIpc) is 2.51. The summed E-state index contributed by atoms with van der Waals surface area (Å²) in [6.07, 6.45) is 7.22. The summed E-state index contributed by atoms with van der Waals surface area (Å²) in [6.45, 7) is 17.7. The zero-order valence-electron chi connectivity index (χ0n) is 15.2. The molecule has 0 saturated carbocycles. The number of hydrogen-bond donors (Lipinski definition) is 0. The molecule has 0 aromatic rings. The van der Waals surface area contributed by atoms with E-state index >= 15 is 0 Å². The summed E-state index contributed by atoms with van der Waals surface area (Å²) in [5, 5.41) is 0. The van der Waals surface area contributed by atoms with Crippen LogP contribution in [-0.2, 0) is 0 Å². The Morgan fingerprint density at radius 1 is 0.955 bits per heavy atom. The molecule has 0 atom stereocenters. The Labute approximate surface area is 138 Å². The number of rotatable bonds is 5. The molecule has 3 aliphatic rings. The maximum Gasteiger partial charge on any atom is 0.00541 e. The lowest BCUT2D eigenvalue weighted by molar-refractivity contribution is -0.0628. The Morgan fingerprint density at radius 3 is 2.14 bits per heavy atom. The van der Waals surface area contributed by atoms with Gasteiger partial charge in [-0.1, -0.05) is 6.92 Å². The topological polar surface area (TPSA) is 9.72 Å². The Balaban J connectivity index is 1.32. The van der Waals surface area contributed by atoms with Crippen molar-refractivity contribution in [2.45, 2.75) is 58.9 Å². The van der Waals surface area contributed by atoms with Crippen LogP contribution in [-0.4, -0.2) is 73.1 Å². The molecule has 0 bridgehead atoms. The van der Waals surface area contributed by atoms with Crippen LogP contribution in [0.15, 0.2) is 0 Å². The largest absolute Gasteiger partial charge is 0.304 e. The number of nitrogens with zero attached hydrogens (tertiary/aromatic N) is 3. The van der Waals surface area contributed by atoms with Crippen molar-refractivity contribution in [2.75, 3.05) is 52.4 Å². The highest BCUT2D eigenvalue weighted by Gasteiger charge is 2.45. The van der Waals surface area contributed by atoms with Crippen molar-refractivity contribution < 1.29 is 0 Å². The van der Waals surface area contributed by atoms with Crippen molar-refractivity contribution in [1.82, 2.24) is 14.7 Å². The summed E-state index contributed by atoms with van der Waals surface area (Å²) < 4.78 is 0. The van der Waals surface area contributed by atoms with Gasteiger partial charge in [-0.3, -0.25) is 4.90 Å². The van der Waals surface area contributed by atoms with E-state index in [1.165, 1.54) is 84.5 Å². The smallest absolute Gasteiger partial charge is 0.00541 e. The van der Waals surface area contributed by atoms with E-state index in [-0.39, 0.29) is 0 Å². The molecule has 3 saturated heterocycles. The van der Waals surface area contributed by atoms with E-state index in [4.69, 9.17) is 0 Å². The first-order chi connectivity index (χ1) is 10.6. The first-order valence-corrected chi connectivity index (χ1v) is 9.79. The summed E-state index contributed by atoms with van der Waals surface area (Å²) >= 11 is 0. The van der Waals surface area contributed by atoms with Crippen LogP contribution in [0.2, 0.25) is 0 Å². The third-order valence-electron chi connectivity index (χ3n) is 6.73. The van der Waals surface area contributed by atoms with Crippen molar-refractivity contribution in [3.8, 4) is 0 Å². The second-order valence-corrected chi connectivity index (χ2v) is 8.51. The van der Waals surface area contributed by atoms with Gasteiger partial charge in [0, 0.05) is 19.1 Å². The van der Waals surface area contributed by atoms with Crippen molar-refractivity contribution in [1.29, 1.82) is 0 Å². The van der Waals surface area contributed by atoms with Crippen molar-refractivity contribution in [3.05, 3.63) is 0 Å². The van der Waals surface area contributed by atoms with Crippen LogP contribution in [0, 0.1) is 11.3 Å². The van der Waals surface area contributed by atoms with Crippen LogP contribution < -0.4 is 0 Å². The lowest BCUT2D eigenvalue weighted by atomic mass is 9.71. The highest BCUT2D eigenvalue weighted by molar-refractivity contribution is 4.99.